The third-order valence-electron chi connectivity index (χ3n) is 3.66. The lowest BCUT2D eigenvalue weighted by molar-refractivity contribution is -0.0678. The maximum absolute atomic E-state index is 11.6. The summed E-state index contributed by atoms with van der Waals surface area (Å²) >= 11 is 0. The van der Waals surface area contributed by atoms with Crippen molar-refractivity contribution in [2.45, 2.75) is 64.6 Å². The minimum atomic E-state index is -1.35. The molecule has 0 spiro atoms. The van der Waals surface area contributed by atoms with Crippen LogP contribution in [0.25, 0.3) is 0 Å². The van der Waals surface area contributed by atoms with Crippen molar-refractivity contribution >= 4 is 12.3 Å². The number of carbonyl (C=O) groups is 2. The summed E-state index contributed by atoms with van der Waals surface area (Å²) in [5.41, 5.74) is 0. The number of hydrogen-bond donors (Lipinski definition) is 1. The molecule has 2 atom stereocenters. The molecule has 0 aliphatic heterocycles. The second kappa shape index (κ2) is 11.1. The second-order valence-corrected chi connectivity index (χ2v) is 6.11. The van der Waals surface area contributed by atoms with Crippen LogP contribution in [-0.4, -0.2) is 49.4 Å². The van der Waals surface area contributed by atoms with Crippen molar-refractivity contribution in [2.75, 3.05) is 19.8 Å². The van der Waals surface area contributed by atoms with Gasteiger partial charge in [-0.25, -0.2) is 9.59 Å². The predicted octanol–water partition coefficient (Wildman–Crippen LogP) is 3.60. The predicted molar refractivity (Wildman–Crippen MR) is 82.5 cm³/mol. The zero-order valence-electron chi connectivity index (χ0n) is 14.0. The smallest absolute Gasteiger partial charge is 0.450 e. The van der Waals surface area contributed by atoms with Gasteiger partial charge in [0, 0.05) is 6.61 Å². The van der Waals surface area contributed by atoms with Crippen molar-refractivity contribution in [1.82, 2.24) is 0 Å². The minimum Gasteiger partial charge on any atom is -0.450 e. The van der Waals surface area contributed by atoms with Gasteiger partial charge in [0.15, 0.2) is 0 Å². The molecule has 7 nitrogen and oxygen atoms in total. The van der Waals surface area contributed by atoms with E-state index in [0.717, 1.165) is 25.7 Å². The first-order chi connectivity index (χ1) is 11.0. The highest BCUT2D eigenvalue weighted by atomic mass is 16.7. The molecule has 7 heteroatoms. The average molecular weight is 332 g/mol. The Bertz CT molecular complexity index is 356. The van der Waals surface area contributed by atoms with E-state index in [0.29, 0.717) is 32.0 Å². The monoisotopic (exact) mass is 332 g/mol. The topological polar surface area (TPSA) is 91.3 Å². The fraction of sp³-hybridized carbons (Fsp3) is 0.875. The highest BCUT2D eigenvalue weighted by molar-refractivity contribution is 5.60. The van der Waals surface area contributed by atoms with Crippen molar-refractivity contribution in [3.05, 3.63) is 0 Å². The van der Waals surface area contributed by atoms with Crippen molar-refractivity contribution in [1.29, 1.82) is 0 Å². The van der Waals surface area contributed by atoms with E-state index < -0.39 is 24.5 Å². The lowest BCUT2D eigenvalue weighted by Crippen LogP contribution is -2.37. The van der Waals surface area contributed by atoms with E-state index in [4.69, 9.17) is 24.1 Å². The molecular weight excluding hydrogens is 304 g/mol. The molecule has 1 saturated carbocycles. The molecule has 1 fully saturated rings. The molecule has 0 aromatic rings. The van der Waals surface area contributed by atoms with Crippen LogP contribution in [0.1, 0.15) is 52.4 Å². The normalized spacial score (nSPS) is 21.0. The summed E-state index contributed by atoms with van der Waals surface area (Å²) in [6, 6.07) is 0. The first-order valence-corrected chi connectivity index (χ1v) is 8.29. The van der Waals surface area contributed by atoms with Crippen molar-refractivity contribution in [3.63, 3.8) is 0 Å². The maximum atomic E-state index is 11.6. The van der Waals surface area contributed by atoms with Crippen LogP contribution < -0.4 is 0 Å². The standard InChI is InChI=1S/C16H28O7/c1-12(2)6-5-9-20-10-11-21-16(19)23-14-8-4-3-7-13(14)22-15(17)18/h12-14H,3-11H2,1-2H3,(H,17,18). The summed E-state index contributed by atoms with van der Waals surface area (Å²) in [5, 5.41) is 8.69. The van der Waals surface area contributed by atoms with Crippen molar-refractivity contribution in [3.8, 4) is 0 Å². The van der Waals surface area contributed by atoms with Crippen LogP contribution in [0, 0.1) is 5.92 Å². The van der Waals surface area contributed by atoms with Crippen LogP contribution in [0.4, 0.5) is 9.59 Å². The van der Waals surface area contributed by atoms with Gasteiger partial charge in [-0.3, -0.25) is 0 Å². The van der Waals surface area contributed by atoms with Gasteiger partial charge in [-0.15, -0.1) is 0 Å². The highest BCUT2D eigenvalue weighted by Crippen LogP contribution is 2.24. The quantitative estimate of drug-likeness (QED) is 0.509. The van der Waals surface area contributed by atoms with Crippen LogP contribution in [0.2, 0.25) is 0 Å². The van der Waals surface area contributed by atoms with Crippen LogP contribution in [0.3, 0.4) is 0 Å². The fourth-order valence-electron chi connectivity index (χ4n) is 2.50. The van der Waals surface area contributed by atoms with E-state index in [1.54, 1.807) is 0 Å². The molecule has 0 heterocycles. The molecule has 0 aromatic carbocycles. The van der Waals surface area contributed by atoms with Gasteiger partial charge in [0.25, 0.3) is 0 Å². The van der Waals surface area contributed by atoms with Crippen LogP contribution in [0.5, 0.6) is 0 Å². The summed E-state index contributed by atoms with van der Waals surface area (Å²) < 4.78 is 20.2. The number of hydrogen-bond acceptors (Lipinski definition) is 6. The van der Waals surface area contributed by atoms with Gasteiger partial charge in [0.05, 0.1) is 6.61 Å². The summed E-state index contributed by atoms with van der Waals surface area (Å²) in [5.74, 6) is 0.654. The fourth-order valence-corrected chi connectivity index (χ4v) is 2.50. The zero-order chi connectivity index (χ0) is 17.1. The summed E-state index contributed by atoms with van der Waals surface area (Å²) in [6.07, 6.45) is 1.62. The Kier molecular flexibility index (Phi) is 9.43. The molecule has 1 N–H and O–H groups in total. The van der Waals surface area contributed by atoms with E-state index in [2.05, 4.69) is 13.8 Å². The SMILES string of the molecule is CC(C)CCCOCCOC(=O)OC1CCCCC1OC(=O)O. The molecule has 0 saturated heterocycles. The van der Waals surface area contributed by atoms with Gasteiger partial charge in [0.1, 0.15) is 18.8 Å². The molecule has 1 rings (SSSR count). The van der Waals surface area contributed by atoms with E-state index in [9.17, 15) is 9.59 Å². The van der Waals surface area contributed by atoms with Gasteiger partial charge in [-0.2, -0.15) is 0 Å². The Morgan fingerprint density at radius 2 is 1.70 bits per heavy atom. The first kappa shape index (κ1) is 19.5. The summed E-state index contributed by atoms with van der Waals surface area (Å²) in [6.45, 7) is 5.41. The van der Waals surface area contributed by atoms with Crippen molar-refractivity contribution < 1.29 is 33.6 Å². The molecule has 0 radical (unpaired) electrons. The first-order valence-electron chi connectivity index (χ1n) is 8.29. The van der Waals surface area contributed by atoms with E-state index in [1.807, 2.05) is 0 Å². The second-order valence-electron chi connectivity index (χ2n) is 6.11. The van der Waals surface area contributed by atoms with Gasteiger partial charge in [-0.1, -0.05) is 13.8 Å². The van der Waals surface area contributed by atoms with Gasteiger partial charge in [0.2, 0.25) is 0 Å². The maximum Gasteiger partial charge on any atom is 0.508 e. The molecule has 23 heavy (non-hydrogen) atoms. The Morgan fingerprint density at radius 3 is 2.30 bits per heavy atom. The van der Waals surface area contributed by atoms with E-state index in [1.165, 1.54) is 0 Å². The Labute approximate surface area is 137 Å². The molecule has 0 bridgehead atoms. The minimum absolute atomic E-state index is 0.123. The molecule has 0 aromatic heterocycles. The van der Waals surface area contributed by atoms with Crippen LogP contribution in [0.15, 0.2) is 0 Å². The molecule has 2 unspecified atom stereocenters. The van der Waals surface area contributed by atoms with Gasteiger partial charge in [-0.05, 0) is 44.4 Å². The number of ether oxygens (including phenoxy) is 4. The van der Waals surface area contributed by atoms with Crippen LogP contribution >= 0.6 is 0 Å². The highest BCUT2D eigenvalue weighted by Gasteiger charge is 2.31. The third-order valence-corrected chi connectivity index (χ3v) is 3.66. The number of rotatable bonds is 9. The largest absolute Gasteiger partial charge is 0.508 e. The Morgan fingerprint density at radius 1 is 1.04 bits per heavy atom. The van der Waals surface area contributed by atoms with E-state index in [-0.39, 0.29) is 6.61 Å². The lowest BCUT2D eigenvalue weighted by atomic mass is 9.95. The number of carboxylic acid groups (broad SMARTS) is 1. The summed E-state index contributed by atoms with van der Waals surface area (Å²) in [4.78, 5) is 22.2. The lowest BCUT2D eigenvalue weighted by Gasteiger charge is -2.29. The molecule has 1 aliphatic rings. The average Bonchev–Trinajstić information content (AvgIpc) is 2.47. The van der Waals surface area contributed by atoms with Crippen molar-refractivity contribution in [2.24, 2.45) is 5.92 Å². The molecule has 1 aliphatic carbocycles. The Hall–Kier alpha value is -1.50. The molecule has 0 amide bonds. The summed E-state index contributed by atoms with van der Waals surface area (Å²) in [7, 11) is 0. The van der Waals surface area contributed by atoms with Gasteiger partial charge >= 0.3 is 12.3 Å². The number of carbonyl (C=O) groups excluding carboxylic acids is 1. The third kappa shape index (κ3) is 9.28. The zero-order valence-corrected chi connectivity index (χ0v) is 14.0. The van der Waals surface area contributed by atoms with Gasteiger partial charge < -0.3 is 24.1 Å². The van der Waals surface area contributed by atoms with E-state index >= 15 is 0 Å². The van der Waals surface area contributed by atoms with Crippen LogP contribution in [-0.2, 0) is 18.9 Å². The molecular formula is C16H28O7. The Balaban J connectivity index is 2.13. The molecule has 134 valence electrons.